The zero-order chi connectivity index (χ0) is 49.3. The highest BCUT2D eigenvalue weighted by atomic mass is 79.9. The van der Waals surface area contributed by atoms with Crippen molar-refractivity contribution in [3.05, 3.63) is 108 Å². The first-order valence-corrected chi connectivity index (χ1v) is 27.8. The van der Waals surface area contributed by atoms with Crippen LogP contribution in [0.1, 0.15) is 107 Å². The summed E-state index contributed by atoms with van der Waals surface area (Å²) in [6.07, 6.45) is 14.7. The summed E-state index contributed by atoms with van der Waals surface area (Å²) >= 11 is 0. The molecular formula is C59H89BrN6O6. The predicted molar refractivity (Wildman–Crippen MR) is 281 cm³/mol. The van der Waals surface area contributed by atoms with E-state index >= 15 is 0 Å². The molecule has 398 valence electrons. The fourth-order valence-corrected chi connectivity index (χ4v) is 12.8. The average molecular weight is 1060 g/mol. The van der Waals surface area contributed by atoms with Gasteiger partial charge in [-0.05, 0) is 108 Å². The van der Waals surface area contributed by atoms with Crippen molar-refractivity contribution >= 4 is 11.9 Å². The molecule has 0 amide bonds. The van der Waals surface area contributed by atoms with Crippen molar-refractivity contribution in [2.75, 3.05) is 92.8 Å². The van der Waals surface area contributed by atoms with Crippen LogP contribution in [0.5, 0.6) is 0 Å². The first kappa shape index (κ1) is 56.5. The van der Waals surface area contributed by atoms with Gasteiger partial charge in [0.05, 0.1) is 25.3 Å². The van der Waals surface area contributed by atoms with Crippen molar-refractivity contribution in [3.63, 3.8) is 0 Å². The Balaban J connectivity index is 0.000000247. The third-order valence-electron chi connectivity index (χ3n) is 17.1. The summed E-state index contributed by atoms with van der Waals surface area (Å²) in [4.78, 5) is 35.0. The number of carbonyl (C=O) groups excluding carboxylic acids is 2. The molecule has 2 N–H and O–H groups in total. The summed E-state index contributed by atoms with van der Waals surface area (Å²) in [5.41, 5.74) is 10.1. The van der Waals surface area contributed by atoms with Crippen LogP contribution in [0.4, 0.5) is 0 Å². The molecule has 4 bridgehead atoms. The highest BCUT2D eigenvalue weighted by molar-refractivity contribution is 5.70. The Kier molecular flexibility index (Phi) is 22.9. The molecule has 0 radical (unpaired) electrons. The summed E-state index contributed by atoms with van der Waals surface area (Å²) in [5.74, 6) is 1.16. The number of hydrogen-bond donors (Lipinski definition) is 1. The van der Waals surface area contributed by atoms with E-state index in [4.69, 9.17) is 24.7 Å². The zero-order valence-electron chi connectivity index (χ0n) is 43.9. The van der Waals surface area contributed by atoms with Crippen LogP contribution in [0, 0.1) is 11.8 Å². The van der Waals surface area contributed by atoms with Gasteiger partial charge in [-0.1, -0.05) is 104 Å². The molecule has 12 nitrogen and oxygen atoms in total. The molecule has 0 saturated carbocycles. The van der Waals surface area contributed by atoms with Gasteiger partial charge in [-0.3, -0.25) is 19.4 Å². The van der Waals surface area contributed by atoms with Crippen molar-refractivity contribution in [1.82, 2.24) is 19.6 Å². The van der Waals surface area contributed by atoms with Crippen LogP contribution in [-0.4, -0.2) is 165 Å². The van der Waals surface area contributed by atoms with Gasteiger partial charge in [0, 0.05) is 96.2 Å². The van der Waals surface area contributed by atoms with Crippen molar-refractivity contribution in [3.8, 4) is 0 Å². The van der Waals surface area contributed by atoms with Crippen molar-refractivity contribution in [1.29, 1.82) is 0 Å². The van der Waals surface area contributed by atoms with Gasteiger partial charge in [-0.25, -0.2) is 0 Å². The Morgan fingerprint density at radius 2 is 1.07 bits per heavy atom. The zero-order valence-corrected chi connectivity index (χ0v) is 45.5. The fourth-order valence-electron chi connectivity index (χ4n) is 12.8. The number of esters is 2. The van der Waals surface area contributed by atoms with Crippen LogP contribution >= 0.6 is 0 Å². The molecule has 0 unspecified atom stereocenters. The number of likely N-dealkylation sites (tertiary alicyclic amines) is 2. The summed E-state index contributed by atoms with van der Waals surface area (Å²) in [5, 5.41) is 0. The van der Waals surface area contributed by atoms with Crippen molar-refractivity contribution < 1.29 is 50.0 Å². The van der Waals surface area contributed by atoms with E-state index in [1.165, 1.54) is 68.6 Å². The van der Waals surface area contributed by atoms with Gasteiger partial charge in [-0.15, -0.1) is 0 Å². The second kappa shape index (κ2) is 29.2. The predicted octanol–water partition coefficient (Wildman–Crippen LogP) is 4.93. The molecule has 8 heterocycles. The SMILES string of the molecule is CO[C@H]1CN(CCCCCC(=O)O[C@H]2CN3CCC2CC3)CC[C@H]1N.CO[C@H]1CN(CCCCCC(=O)O[C@H]2C[N+]3(Cc4ccccc4)CCC2CC3)CC[C@H]1N(Cc1ccccc1)Cc1ccccc1.[Br-]. The molecule has 8 aliphatic heterocycles. The molecule has 3 aromatic carbocycles. The Labute approximate surface area is 443 Å². The quantitative estimate of drug-likeness (QED) is 0.0795. The fraction of sp³-hybridized carbons (Fsp3) is 0.661. The van der Waals surface area contributed by atoms with Crippen LogP contribution < -0.4 is 22.7 Å². The van der Waals surface area contributed by atoms with Crippen molar-refractivity contribution in [2.24, 2.45) is 17.6 Å². The average Bonchev–Trinajstić information content (AvgIpc) is 3.40. The number of ether oxygens (including phenoxy) is 4. The molecule has 13 heteroatoms. The van der Waals surface area contributed by atoms with Gasteiger partial charge in [-0.2, -0.15) is 0 Å². The lowest BCUT2D eigenvalue weighted by molar-refractivity contribution is -0.958. The van der Waals surface area contributed by atoms with Gasteiger partial charge in [0.15, 0.2) is 6.10 Å². The van der Waals surface area contributed by atoms with E-state index in [2.05, 4.69) is 111 Å². The number of nitrogens with two attached hydrogens (primary N) is 1. The third-order valence-corrected chi connectivity index (χ3v) is 17.1. The Morgan fingerprint density at radius 3 is 1.60 bits per heavy atom. The van der Waals surface area contributed by atoms with E-state index in [1.54, 1.807) is 7.11 Å². The minimum atomic E-state index is 0. The van der Waals surface area contributed by atoms with E-state index < -0.39 is 0 Å². The molecule has 8 aliphatic rings. The summed E-state index contributed by atoms with van der Waals surface area (Å²) in [6, 6.07) is 33.0. The maximum absolute atomic E-state index is 12.9. The lowest BCUT2D eigenvalue weighted by Gasteiger charge is -2.52. The maximum Gasteiger partial charge on any atom is 0.306 e. The lowest BCUT2D eigenvalue weighted by atomic mass is 9.83. The van der Waals surface area contributed by atoms with E-state index in [9.17, 15) is 9.59 Å². The summed E-state index contributed by atoms with van der Waals surface area (Å²) < 4.78 is 24.6. The number of piperidine rings is 8. The minimum Gasteiger partial charge on any atom is -1.00 e. The smallest absolute Gasteiger partial charge is 0.306 e. The molecule has 0 aromatic heterocycles. The van der Waals surface area contributed by atoms with Crippen LogP contribution in [-0.2, 0) is 48.2 Å². The number of rotatable bonds is 23. The Bertz CT molecular complexity index is 1960. The van der Waals surface area contributed by atoms with Crippen molar-refractivity contribution in [2.45, 2.75) is 146 Å². The Morgan fingerprint density at radius 1 is 0.569 bits per heavy atom. The number of quaternary nitrogens is 1. The topological polar surface area (TPSA) is 110 Å². The summed E-state index contributed by atoms with van der Waals surface area (Å²) in [7, 11) is 3.62. The van der Waals surface area contributed by atoms with E-state index in [-0.39, 0.29) is 59.4 Å². The lowest BCUT2D eigenvalue weighted by Crippen LogP contribution is -3.00. The molecule has 11 rings (SSSR count). The van der Waals surface area contributed by atoms with E-state index in [0.717, 1.165) is 128 Å². The second-order valence-electron chi connectivity index (χ2n) is 22.1. The molecule has 6 atom stereocenters. The van der Waals surface area contributed by atoms with Gasteiger partial charge < -0.3 is 55.9 Å². The number of hydrogen-bond acceptors (Lipinski definition) is 11. The second-order valence-corrected chi connectivity index (χ2v) is 22.1. The summed E-state index contributed by atoms with van der Waals surface area (Å²) in [6.45, 7) is 15.8. The van der Waals surface area contributed by atoms with Crippen LogP contribution in [0.2, 0.25) is 0 Å². The highest BCUT2D eigenvalue weighted by Gasteiger charge is 2.47. The number of nitrogens with zero attached hydrogens (tertiary/aromatic N) is 5. The monoisotopic (exact) mass is 1060 g/mol. The van der Waals surface area contributed by atoms with Gasteiger partial charge in [0.1, 0.15) is 19.2 Å². The molecular weight excluding hydrogens is 969 g/mol. The van der Waals surface area contributed by atoms with E-state index in [0.29, 0.717) is 30.7 Å². The van der Waals surface area contributed by atoms with Gasteiger partial charge >= 0.3 is 11.9 Å². The molecule has 3 aromatic rings. The number of methoxy groups -OCH3 is 2. The standard InChI is InChI=1S/C40H54N3O3.C19H35N3O3.BrH/c1-45-38-30-41(25-21-37(38)42(28-33-14-6-2-7-15-33)29-34-16-8-3-9-17-34)24-13-5-12-20-40(44)46-39-32-43(26-22-36(39)23-27-43)31-35-18-10-4-11-19-35;1-24-18-14-21(12-8-16(18)20)9-4-2-3-5-19(23)25-17-13-22-10-6-15(17)7-11-22;/h2-4,6-11,14-19,36-39H,5,12-13,20-32H2,1H3;15-18H,2-14,20H2,1H3;1H/q+1;;/p-1/t36?,37-,38+,39+,43?;16-,17+,18+;/m11./s1. The van der Waals surface area contributed by atoms with Crippen LogP contribution in [0.15, 0.2) is 91.0 Å². The number of halogens is 1. The molecule has 0 aliphatic carbocycles. The third kappa shape index (κ3) is 16.9. The first-order chi connectivity index (χ1) is 34.7. The number of carbonyl (C=O) groups is 2. The van der Waals surface area contributed by atoms with Gasteiger partial charge in [0.25, 0.3) is 0 Å². The Hall–Kier alpha value is -3.24. The largest absolute Gasteiger partial charge is 1.00 e. The number of benzene rings is 3. The molecule has 72 heavy (non-hydrogen) atoms. The maximum atomic E-state index is 12.9. The van der Waals surface area contributed by atoms with Crippen LogP contribution in [0.25, 0.3) is 0 Å². The van der Waals surface area contributed by atoms with E-state index in [1.807, 2.05) is 7.11 Å². The minimum absolute atomic E-state index is 0. The number of fused-ring (bicyclic) bond motifs is 6. The molecule has 8 saturated heterocycles. The molecule has 8 fully saturated rings. The normalized spacial score (nSPS) is 29.2. The van der Waals surface area contributed by atoms with Gasteiger partial charge in [0.2, 0.25) is 0 Å². The molecule has 0 spiro atoms. The first-order valence-electron chi connectivity index (χ1n) is 27.8. The van der Waals surface area contributed by atoms with Crippen LogP contribution in [0.3, 0.4) is 0 Å². The number of unbranched alkanes of at least 4 members (excludes halogenated alkanes) is 4. The highest BCUT2D eigenvalue weighted by Crippen LogP contribution is 2.37.